The summed E-state index contributed by atoms with van der Waals surface area (Å²) in [7, 11) is 2.05. The fourth-order valence-electron chi connectivity index (χ4n) is 2.51. The second-order valence-corrected chi connectivity index (χ2v) is 5.73. The zero-order chi connectivity index (χ0) is 15.5. The molecule has 2 aromatic carbocycles. The number of halogens is 1. The van der Waals surface area contributed by atoms with Crippen molar-refractivity contribution in [3.05, 3.63) is 47.0 Å². The maximum absolute atomic E-state index is 6.08. The van der Waals surface area contributed by atoms with E-state index in [9.17, 15) is 0 Å². The van der Waals surface area contributed by atoms with Gasteiger partial charge in [0.1, 0.15) is 23.9 Å². The summed E-state index contributed by atoms with van der Waals surface area (Å²) in [5, 5.41) is 0.643. The number of ether oxygens (including phenoxy) is 2. The standard InChI is InChI=1S/C17H19ClN2O2/c1-20-8-9-21-17-11-14(4-5-15(17)20)22-16-10-13(18)3-2-12(16)6-7-19/h2-5,10-11H,6-9,19H2,1H3. The predicted molar refractivity (Wildman–Crippen MR) is 89.5 cm³/mol. The zero-order valence-corrected chi connectivity index (χ0v) is 13.3. The fraction of sp³-hybridized carbons (Fsp3) is 0.294. The lowest BCUT2D eigenvalue weighted by Gasteiger charge is -2.27. The van der Waals surface area contributed by atoms with Gasteiger partial charge < -0.3 is 20.1 Å². The highest BCUT2D eigenvalue weighted by Gasteiger charge is 2.16. The molecule has 1 aliphatic heterocycles. The third-order valence-corrected chi connectivity index (χ3v) is 3.93. The second kappa shape index (κ2) is 6.46. The van der Waals surface area contributed by atoms with Gasteiger partial charge >= 0.3 is 0 Å². The minimum Gasteiger partial charge on any atom is -0.489 e. The van der Waals surface area contributed by atoms with Gasteiger partial charge in [-0.05, 0) is 42.8 Å². The third-order valence-electron chi connectivity index (χ3n) is 3.70. The summed E-state index contributed by atoms with van der Waals surface area (Å²) in [6.07, 6.45) is 0.747. The van der Waals surface area contributed by atoms with E-state index in [2.05, 4.69) is 11.9 Å². The van der Waals surface area contributed by atoms with Crippen LogP contribution in [-0.4, -0.2) is 26.7 Å². The van der Waals surface area contributed by atoms with E-state index in [1.54, 1.807) is 0 Å². The summed E-state index contributed by atoms with van der Waals surface area (Å²) in [6.45, 7) is 2.14. The number of rotatable bonds is 4. The van der Waals surface area contributed by atoms with Crippen LogP contribution in [0.4, 0.5) is 5.69 Å². The van der Waals surface area contributed by atoms with E-state index in [1.807, 2.05) is 36.4 Å². The first kappa shape index (κ1) is 15.0. The van der Waals surface area contributed by atoms with Gasteiger partial charge in [0.2, 0.25) is 0 Å². The molecule has 3 rings (SSSR count). The molecule has 0 radical (unpaired) electrons. The quantitative estimate of drug-likeness (QED) is 0.938. The van der Waals surface area contributed by atoms with Crippen molar-refractivity contribution in [1.29, 1.82) is 0 Å². The number of fused-ring (bicyclic) bond motifs is 1. The Labute approximate surface area is 135 Å². The van der Waals surface area contributed by atoms with Gasteiger partial charge in [-0.25, -0.2) is 0 Å². The summed E-state index contributed by atoms with van der Waals surface area (Å²) in [5.41, 5.74) is 7.77. The molecule has 22 heavy (non-hydrogen) atoms. The lowest BCUT2D eigenvalue weighted by atomic mass is 10.1. The maximum Gasteiger partial charge on any atom is 0.146 e. The highest BCUT2D eigenvalue weighted by atomic mass is 35.5. The first-order chi connectivity index (χ1) is 10.7. The molecule has 0 aromatic heterocycles. The van der Waals surface area contributed by atoms with Crippen LogP contribution >= 0.6 is 11.6 Å². The average Bonchev–Trinajstić information content (AvgIpc) is 2.50. The molecular formula is C17H19ClN2O2. The average molecular weight is 319 g/mol. The van der Waals surface area contributed by atoms with Crippen molar-refractivity contribution in [2.45, 2.75) is 6.42 Å². The van der Waals surface area contributed by atoms with E-state index < -0.39 is 0 Å². The van der Waals surface area contributed by atoms with Crippen molar-refractivity contribution >= 4 is 17.3 Å². The molecule has 0 aliphatic carbocycles. The van der Waals surface area contributed by atoms with E-state index in [0.29, 0.717) is 18.2 Å². The highest BCUT2D eigenvalue weighted by molar-refractivity contribution is 6.30. The number of benzene rings is 2. The van der Waals surface area contributed by atoms with E-state index >= 15 is 0 Å². The van der Waals surface area contributed by atoms with Crippen LogP contribution < -0.4 is 20.1 Å². The molecule has 4 nitrogen and oxygen atoms in total. The molecule has 5 heteroatoms. The van der Waals surface area contributed by atoms with Crippen LogP contribution in [0.2, 0.25) is 5.02 Å². The van der Waals surface area contributed by atoms with Gasteiger partial charge in [-0.2, -0.15) is 0 Å². The van der Waals surface area contributed by atoms with Gasteiger partial charge in [0.05, 0.1) is 12.2 Å². The van der Waals surface area contributed by atoms with Crippen molar-refractivity contribution in [2.75, 3.05) is 31.6 Å². The first-order valence-corrected chi connectivity index (χ1v) is 7.69. The number of nitrogens with two attached hydrogens (primary N) is 1. The van der Waals surface area contributed by atoms with Crippen LogP contribution in [0.5, 0.6) is 17.2 Å². The normalized spacial score (nSPS) is 13.5. The van der Waals surface area contributed by atoms with Crippen LogP contribution in [-0.2, 0) is 6.42 Å². The molecule has 0 unspecified atom stereocenters. The van der Waals surface area contributed by atoms with Crippen LogP contribution in [0.15, 0.2) is 36.4 Å². The lowest BCUT2D eigenvalue weighted by molar-refractivity contribution is 0.309. The third kappa shape index (κ3) is 3.13. The summed E-state index contributed by atoms with van der Waals surface area (Å²) in [4.78, 5) is 2.17. The first-order valence-electron chi connectivity index (χ1n) is 7.31. The molecule has 0 saturated heterocycles. The van der Waals surface area contributed by atoms with Crippen LogP contribution in [0.25, 0.3) is 0 Å². The molecule has 116 valence electrons. The molecule has 0 saturated carbocycles. The minimum atomic E-state index is 0.566. The minimum absolute atomic E-state index is 0.566. The number of nitrogens with zero attached hydrogens (tertiary/aromatic N) is 1. The number of anilines is 1. The Bertz CT molecular complexity index is 676. The monoisotopic (exact) mass is 318 g/mol. The number of hydrogen-bond acceptors (Lipinski definition) is 4. The summed E-state index contributed by atoms with van der Waals surface area (Å²) < 4.78 is 11.7. The van der Waals surface area contributed by atoms with E-state index in [4.69, 9.17) is 26.8 Å². The SMILES string of the molecule is CN1CCOc2cc(Oc3cc(Cl)ccc3CCN)ccc21. The highest BCUT2D eigenvalue weighted by Crippen LogP contribution is 2.36. The maximum atomic E-state index is 6.08. The second-order valence-electron chi connectivity index (χ2n) is 5.29. The van der Waals surface area contributed by atoms with Crippen LogP contribution in [0.1, 0.15) is 5.56 Å². The number of likely N-dealkylation sites (N-methyl/N-ethyl adjacent to an activating group) is 1. The van der Waals surface area contributed by atoms with Gasteiger partial charge in [0, 0.05) is 18.1 Å². The molecule has 0 atom stereocenters. The van der Waals surface area contributed by atoms with Gasteiger partial charge in [-0.15, -0.1) is 0 Å². The van der Waals surface area contributed by atoms with Gasteiger partial charge in [-0.3, -0.25) is 0 Å². The van der Waals surface area contributed by atoms with Gasteiger partial charge in [0.25, 0.3) is 0 Å². The Morgan fingerprint density at radius 2 is 2.14 bits per heavy atom. The smallest absolute Gasteiger partial charge is 0.146 e. The molecule has 1 heterocycles. The largest absolute Gasteiger partial charge is 0.489 e. The molecule has 2 aromatic rings. The number of hydrogen-bond donors (Lipinski definition) is 1. The Hall–Kier alpha value is -1.91. The van der Waals surface area contributed by atoms with Gasteiger partial charge in [-0.1, -0.05) is 17.7 Å². The van der Waals surface area contributed by atoms with Crippen molar-refractivity contribution in [3.63, 3.8) is 0 Å². The Morgan fingerprint density at radius 3 is 2.95 bits per heavy atom. The lowest BCUT2D eigenvalue weighted by Crippen LogP contribution is -2.28. The molecular weight excluding hydrogens is 300 g/mol. The predicted octanol–water partition coefficient (Wildman–Crippen LogP) is 3.46. The van der Waals surface area contributed by atoms with E-state index in [-0.39, 0.29) is 0 Å². The van der Waals surface area contributed by atoms with Crippen molar-refractivity contribution in [3.8, 4) is 17.2 Å². The topological polar surface area (TPSA) is 47.7 Å². The Morgan fingerprint density at radius 1 is 1.27 bits per heavy atom. The van der Waals surface area contributed by atoms with Gasteiger partial charge in [0.15, 0.2) is 0 Å². The zero-order valence-electron chi connectivity index (χ0n) is 12.5. The molecule has 2 N–H and O–H groups in total. The van der Waals surface area contributed by atoms with Crippen LogP contribution in [0, 0.1) is 0 Å². The Balaban J connectivity index is 1.89. The molecule has 0 bridgehead atoms. The van der Waals surface area contributed by atoms with E-state index in [0.717, 1.165) is 41.5 Å². The van der Waals surface area contributed by atoms with Crippen LogP contribution in [0.3, 0.4) is 0 Å². The summed E-state index contributed by atoms with van der Waals surface area (Å²) in [5.74, 6) is 2.31. The van der Waals surface area contributed by atoms with E-state index in [1.165, 1.54) is 0 Å². The molecule has 0 fully saturated rings. The molecule has 0 amide bonds. The fourth-order valence-corrected chi connectivity index (χ4v) is 2.68. The summed E-state index contributed by atoms with van der Waals surface area (Å²) >= 11 is 6.08. The summed E-state index contributed by atoms with van der Waals surface area (Å²) in [6, 6.07) is 11.5. The molecule has 1 aliphatic rings. The van der Waals surface area contributed by atoms with Crippen molar-refractivity contribution in [2.24, 2.45) is 5.73 Å². The van der Waals surface area contributed by atoms with Crippen molar-refractivity contribution in [1.82, 2.24) is 0 Å². The molecule has 0 spiro atoms. The van der Waals surface area contributed by atoms with Crippen molar-refractivity contribution < 1.29 is 9.47 Å². The Kier molecular flexibility index (Phi) is 4.41.